The lowest BCUT2D eigenvalue weighted by Crippen LogP contribution is -2.32. The van der Waals surface area contributed by atoms with Gasteiger partial charge in [-0.3, -0.25) is 14.5 Å². The summed E-state index contributed by atoms with van der Waals surface area (Å²) in [5.41, 5.74) is 1.82. The average molecular weight is 532 g/mol. The average Bonchev–Trinajstić information content (AvgIpc) is 3.24. The lowest BCUT2D eigenvalue weighted by atomic mass is 10.0. The molecule has 1 aliphatic rings. The fraction of sp³-hybridized carbons (Fsp3) is 0.0909. The highest BCUT2D eigenvalue weighted by molar-refractivity contribution is 8.18. The van der Waals surface area contributed by atoms with E-state index in [-0.39, 0.29) is 24.3 Å². The fourth-order valence-electron chi connectivity index (χ4n) is 4.68. The van der Waals surface area contributed by atoms with Crippen molar-refractivity contribution in [1.82, 2.24) is 4.90 Å². The number of nitrogens with zero attached hydrogens (tertiary/aromatic N) is 1. The predicted molar refractivity (Wildman–Crippen MR) is 157 cm³/mol. The standard InChI is InChI=1S/C33H25NO4S/c35-32-31(39-33(36)34(32)19-20-37-29-16-8-13-24-11-5-7-15-27(24)29)21-28-26-14-6-4-12-25(26)17-18-30(28)38-22-23-9-2-1-3-10-23/h1-18,21H,19-20,22H2/b31-21-. The molecule has 39 heavy (non-hydrogen) atoms. The van der Waals surface area contributed by atoms with Crippen molar-refractivity contribution < 1.29 is 19.1 Å². The minimum atomic E-state index is -0.325. The monoisotopic (exact) mass is 531 g/mol. The first-order valence-electron chi connectivity index (χ1n) is 12.7. The van der Waals surface area contributed by atoms with E-state index in [1.165, 1.54) is 4.90 Å². The van der Waals surface area contributed by atoms with E-state index in [1.807, 2.05) is 109 Å². The third-order valence-electron chi connectivity index (χ3n) is 6.64. The Labute approximate surface area is 230 Å². The van der Waals surface area contributed by atoms with Crippen molar-refractivity contribution >= 4 is 50.5 Å². The van der Waals surface area contributed by atoms with Gasteiger partial charge >= 0.3 is 0 Å². The van der Waals surface area contributed by atoms with Crippen LogP contribution in [-0.2, 0) is 11.4 Å². The van der Waals surface area contributed by atoms with Gasteiger partial charge in [0.1, 0.15) is 24.7 Å². The van der Waals surface area contributed by atoms with E-state index in [0.29, 0.717) is 17.3 Å². The first kappa shape index (κ1) is 24.8. The van der Waals surface area contributed by atoms with E-state index in [0.717, 1.165) is 50.2 Å². The van der Waals surface area contributed by atoms with Crippen molar-refractivity contribution in [1.29, 1.82) is 0 Å². The summed E-state index contributed by atoms with van der Waals surface area (Å²) < 4.78 is 12.2. The van der Waals surface area contributed by atoms with Crippen molar-refractivity contribution in [2.45, 2.75) is 6.61 Å². The summed E-state index contributed by atoms with van der Waals surface area (Å²) in [4.78, 5) is 27.8. The number of thioether (sulfide) groups is 1. The van der Waals surface area contributed by atoms with Crippen molar-refractivity contribution in [3.05, 3.63) is 125 Å². The molecule has 1 saturated heterocycles. The first-order chi connectivity index (χ1) is 19.2. The molecule has 192 valence electrons. The third-order valence-corrected chi connectivity index (χ3v) is 7.55. The molecule has 0 atom stereocenters. The molecule has 0 spiro atoms. The molecule has 5 aromatic rings. The SMILES string of the molecule is O=C1S/C(=C\c2c(OCc3ccccc3)ccc3ccccc23)C(=O)N1CCOc1cccc2ccccc12. The second-order valence-electron chi connectivity index (χ2n) is 9.13. The Balaban J connectivity index is 1.22. The smallest absolute Gasteiger partial charge is 0.293 e. The molecule has 1 heterocycles. The summed E-state index contributed by atoms with van der Waals surface area (Å²) in [6.07, 6.45) is 1.78. The van der Waals surface area contributed by atoms with Gasteiger partial charge in [0.05, 0.1) is 11.4 Å². The summed E-state index contributed by atoms with van der Waals surface area (Å²) >= 11 is 0.945. The number of imide groups is 1. The Morgan fingerprint density at radius 2 is 1.36 bits per heavy atom. The van der Waals surface area contributed by atoms with Gasteiger partial charge in [0.15, 0.2) is 0 Å². The molecule has 0 aromatic heterocycles. The normalized spacial score (nSPS) is 14.5. The van der Waals surface area contributed by atoms with E-state index in [1.54, 1.807) is 6.08 Å². The molecule has 5 nitrogen and oxygen atoms in total. The van der Waals surface area contributed by atoms with Gasteiger partial charge in [-0.25, -0.2) is 0 Å². The first-order valence-corrected chi connectivity index (χ1v) is 13.5. The van der Waals surface area contributed by atoms with Gasteiger partial charge in [0, 0.05) is 10.9 Å². The maximum atomic E-state index is 13.3. The second kappa shape index (κ2) is 11.1. The Hall–Kier alpha value is -4.55. The largest absolute Gasteiger partial charge is 0.491 e. The highest BCUT2D eigenvalue weighted by atomic mass is 32.2. The minimum Gasteiger partial charge on any atom is -0.491 e. The zero-order valence-corrected chi connectivity index (χ0v) is 21.9. The van der Waals surface area contributed by atoms with E-state index >= 15 is 0 Å². The summed E-state index contributed by atoms with van der Waals surface area (Å²) in [6, 6.07) is 35.6. The lowest BCUT2D eigenvalue weighted by molar-refractivity contribution is -0.123. The number of fused-ring (bicyclic) bond motifs is 2. The minimum absolute atomic E-state index is 0.165. The fourth-order valence-corrected chi connectivity index (χ4v) is 5.52. The molecule has 1 fully saturated rings. The zero-order chi connectivity index (χ0) is 26.6. The van der Waals surface area contributed by atoms with E-state index in [4.69, 9.17) is 9.47 Å². The molecule has 0 saturated carbocycles. The van der Waals surface area contributed by atoms with Crippen LogP contribution in [0, 0.1) is 0 Å². The van der Waals surface area contributed by atoms with Gasteiger partial charge in [0.25, 0.3) is 11.1 Å². The van der Waals surface area contributed by atoms with Gasteiger partial charge in [-0.15, -0.1) is 0 Å². The highest BCUT2D eigenvalue weighted by Crippen LogP contribution is 2.37. The van der Waals surface area contributed by atoms with Gasteiger partial charge in [0.2, 0.25) is 0 Å². The van der Waals surface area contributed by atoms with Crippen molar-refractivity contribution in [2.75, 3.05) is 13.2 Å². The van der Waals surface area contributed by atoms with Crippen LogP contribution in [0.4, 0.5) is 4.79 Å². The molecular weight excluding hydrogens is 506 g/mol. The van der Waals surface area contributed by atoms with Crippen LogP contribution in [0.25, 0.3) is 27.6 Å². The molecule has 6 rings (SSSR count). The van der Waals surface area contributed by atoms with E-state index in [2.05, 4.69) is 0 Å². The molecule has 0 radical (unpaired) electrons. The van der Waals surface area contributed by atoms with Crippen LogP contribution in [0.5, 0.6) is 11.5 Å². The van der Waals surface area contributed by atoms with Crippen molar-refractivity contribution in [3.8, 4) is 11.5 Å². The molecule has 6 heteroatoms. The third kappa shape index (κ3) is 5.24. The zero-order valence-electron chi connectivity index (χ0n) is 21.1. The van der Waals surface area contributed by atoms with Crippen LogP contribution < -0.4 is 9.47 Å². The number of hydrogen-bond acceptors (Lipinski definition) is 5. The number of ether oxygens (including phenoxy) is 2. The van der Waals surface area contributed by atoms with Crippen LogP contribution in [-0.4, -0.2) is 29.2 Å². The number of benzene rings is 5. The molecule has 2 amide bonds. The number of hydrogen-bond donors (Lipinski definition) is 0. The Morgan fingerprint density at radius 3 is 2.18 bits per heavy atom. The number of carbonyl (C=O) groups excluding carboxylic acids is 2. The number of amides is 2. The van der Waals surface area contributed by atoms with E-state index < -0.39 is 0 Å². The number of carbonyl (C=O) groups is 2. The summed E-state index contributed by atoms with van der Waals surface area (Å²) in [7, 11) is 0. The van der Waals surface area contributed by atoms with Crippen molar-refractivity contribution in [3.63, 3.8) is 0 Å². The van der Waals surface area contributed by atoms with Gasteiger partial charge in [-0.2, -0.15) is 0 Å². The van der Waals surface area contributed by atoms with Crippen LogP contribution in [0.15, 0.2) is 114 Å². The van der Waals surface area contributed by atoms with Gasteiger partial charge in [-0.05, 0) is 51.7 Å². The quantitative estimate of drug-likeness (QED) is 0.192. The molecule has 0 unspecified atom stereocenters. The van der Waals surface area contributed by atoms with E-state index in [9.17, 15) is 9.59 Å². The van der Waals surface area contributed by atoms with Crippen LogP contribution in [0.2, 0.25) is 0 Å². The highest BCUT2D eigenvalue weighted by Gasteiger charge is 2.35. The Kier molecular flexibility index (Phi) is 7.02. The summed E-state index contributed by atoms with van der Waals surface area (Å²) in [5, 5.41) is 3.74. The predicted octanol–water partition coefficient (Wildman–Crippen LogP) is 7.69. The van der Waals surface area contributed by atoms with Crippen LogP contribution in [0.3, 0.4) is 0 Å². The molecular formula is C33H25NO4S. The van der Waals surface area contributed by atoms with Crippen LogP contribution >= 0.6 is 11.8 Å². The van der Waals surface area contributed by atoms with Gasteiger partial charge < -0.3 is 9.47 Å². The molecule has 0 bridgehead atoms. The second-order valence-corrected chi connectivity index (χ2v) is 10.1. The summed E-state index contributed by atoms with van der Waals surface area (Å²) in [5.74, 6) is 1.06. The summed E-state index contributed by atoms with van der Waals surface area (Å²) in [6.45, 7) is 0.768. The Morgan fingerprint density at radius 1 is 0.667 bits per heavy atom. The molecule has 0 N–H and O–H groups in total. The maximum absolute atomic E-state index is 13.3. The van der Waals surface area contributed by atoms with Crippen LogP contribution in [0.1, 0.15) is 11.1 Å². The molecule has 5 aromatic carbocycles. The number of rotatable bonds is 8. The topological polar surface area (TPSA) is 55.8 Å². The Bertz CT molecular complexity index is 1710. The van der Waals surface area contributed by atoms with Crippen molar-refractivity contribution in [2.24, 2.45) is 0 Å². The lowest BCUT2D eigenvalue weighted by Gasteiger charge is -2.14. The molecule has 0 aliphatic carbocycles. The molecule has 1 aliphatic heterocycles. The maximum Gasteiger partial charge on any atom is 0.293 e. The van der Waals surface area contributed by atoms with Gasteiger partial charge in [-0.1, -0.05) is 97.1 Å².